The first-order valence-corrected chi connectivity index (χ1v) is 6.01. The van der Waals surface area contributed by atoms with Crippen LogP contribution in [0.1, 0.15) is 34.6 Å². The van der Waals surface area contributed by atoms with Crippen LogP contribution in [0.25, 0.3) is 0 Å². The van der Waals surface area contributed by atoms with Gasteiger partial charge in [0.05, 0.1) is 5.25 Å². The lowest BCUT2D eigenvalue weighted by Crippen LogP contribution is -2.28. The van der Waals surface area contributed by atoms with Crippen molar-refractivity contribution in [3.8, 4) is 0 Å². The Hall–Kier alpha value is -0.380. The molecule has 1 aliphatic rings. The van der Waals surface area contributed by atoms with Crippen LogP contribution < -0.4 is 0 Å². The molecule has 0 amide bonds. The van der Waals surface area contributed by atoms with Crippen LogP contribution in [0.2, 0.25) is 0 Å². The fourth-order valence-electron chi connectivity index (χ4n) is 1.60. The molecule has 1 rings (SSSR count). The minimum Gasteiger partial charge on any atom is -0.204 e. The average Bonchev–Trinajstić information content (AvgIpc) is 2.12. The molecular formula is C9H17NO2S. The van der Waals surface area contributed by atoms with Gasteiger partial charge in [-0.05, 0) is 6.92 Å². The minimum atomic E-state index is -3.22. The molecule has 0 radical (unpaired) electrons. The summed E-state index contributed by atoms with van der Waals surface area (Å²) in [5, 5.41) is -0.360. The van der Waals surface area contributed by atoms with Crippen molar-refractivity contribution in [1.29, 1.82) is 0 Å². The second kappa shape index (κ2) is 2.80. The molecule has 0 bridgehead atoms. The van der Waals surface area contributed by atoms with Gasteiger partial charge >= 0.3 is 0 Å². The molecule has 0 N–H and O–H groups in total. The Balaban J connectivity index is 3.18. The van der Waals surface area contributed by atoms with E-state index in [1.165, 1.54) is 0 Å². The lowest BCUT2D eigenvalue weighted by atomic mass is 9.82. The summed E-state index contributed by atoms with van der Waals surface area (Å²) in [7, 11) is -3.22. The van der Waals surface area contributed by atoms with Crippen molar-refractivity contribution < 1.29 is 8.42 Å². The third-order valence-electron chi connectivity index (χ3n) is 2.60. The molecule has 2 unspecified atom stereocenters. The Bertz CT molecular complexity index is 335. The topological polar surface area (TPSA) is 46.5 Å². The highest BCUT2D eigenvalue weighted by molar-refractivity contribution is 7.91. The summed E-state index contributed by atoms with van der Waals surface area (Å²) in [5.74, 6) is 0.0463. The van der Waals surface area contributed by atoms with Crippen molar-refractivity contribution in [1.82, 2.24) is 0 Å². The van der Waals surface area contributed by atoms with Crippen LogP contribution >= 0.6 is 0 Å². The van der Waals surface area contributed by atoms with E-state index in [9.17, 15) is 8.42 Å². The molecule has 3 nitrogen and oxygen atoms in total. The van der Waals surface area contributed by atoms with Crippen LogP contribution in [0.4, 0.5) is 0 Å². The highest BCUT2D eigenvalue weighted by atomic mass is 32.2. The largest absolute Gasteiger partial charge is 0.256 e. The summed E-state index contributed by atoms with van der Waals surface area (Å²) in [4.78, 5) is 0. The van der Waals surface area contributed by atoms with E-state index in [4.69, 9.17) is 0 Å². The summed E-state index contributed by atoms with van der Waals surface area (Å²) >= 11 is 0. The van der Waals surface area contributed by atoms with E-state index >= 15 is 0 Å². The summed E-state index contributed by atoms with van der Waals surface area (Å²) < 4.78 is 26.7. The van der Waals surface area contributed by atoms with Crippen LogP contribution in [0.15, 0.2) is 4.40 Å². The SMILES string of the molecule is CC1C(C(C)(C)C)=NS(=O)(=O)C1C. The van der Waals surface area contributed by atoms with E-state index in [1.54, 1.807) is 6.92 Å². The van der Waals surface area contributed by atoms with Gasteiger partial charge in [0.2, 0.25) is 0 Å². The van der Waals surface area contributed by atoms with Crippen LogP contribution in [-0.2, 0) is 10.0 Å². The molecule has 0 saturated heterocycles. The second-order valence-electron chi connectivity index (χ2n) is 4.74. The van der Waals surface area contributed by atoms with Crippen molar-refractivity contribution in [2.24, 2.45) is 15.7 Å². The molecule has 1 heterocycles. The molecular weight excluding hydrogens is 186 g/mol. The fraction of sp³-hybridized carbons (Fsp3) is 0.889. The average molecular weight is 203 g/mol. The Labute approximate surface area is 80.3 Å². The third-order valence-corrected chi connectivity index (χ3v) is 4.40. The molecule has 0 aromatic heterocycles. The van der Waals surface area contributed by atoms with Crippen LogP contribution in [-0.4, -0.2) is 19.4 Å². The van der Waals surface area contributed by atoms with E-state index in [-0.39, 0.29) is 16.6 Å². The second-order valence-corrected chi connectivity index (χ2v) is 6.69. The molecule has 0 aliphatic carbocycles. The van der Waals surface area contributed by atoms with E-state index in [0.717, 1.165) is 5.71 Å². The highest BCUT2D eigenvalue weighted by Gasteiger charge is 2.41. The molecule has 4 heteroatoms. The maximum Gasteiger partial charge on any atom is 0.256 e. The molecule has 13 heavy (non-hydrogen) atoms. The van der Waals surface area contributed by atoms with Gasteiger partial charge in [-0.15, -0.1) is 0 Å². The third kappa shape index (κ3) is 1.77. The maximum absolute atomic E-state index is 11.4. The number of nitrogens with zero attached hydrogens (tertiary/aromatic N) is 1. The van der Waals surface area contributed by atoms with Crippen molar-refractivity contribution in [2.45, 2.75) is 39.9 Å². The summed E-state index contributed by atoms with van der Waals surface area (Å²) in [6, 6.07) is 0. The van der Waals surface area contributed by atoms with Gasteiger partial charge < -0.3 is 0 Å². The first-order valence-electron chi connectivity index (χ1n) is 4.50. The number of hydrogen-bond donors (Lipinski definition) is 0. The Morgan fingerprint density at radius 1 is 1.23 bits per heavy atom. The molecule has 0 saturated carbocycles. The van der Waals surface area contributed by atoms with Gasteiger partial charge in [0.15, 0.2) is 0 Å². The fourth-order valence-corrected chi connectivity index (χ4v) is 3.13. The van der Waals surface area contributed by atoms with E-state index < -0.39 is 10.0 Å². The normalized spacial score (nSPS) is 33.2. The zero-order valence-electron chi connectivity index (χ0n) is 8.83. The summed E-state index contributed by atoms with van der Waals surface area (Å²) in [6.07, 6.45) is 0. The van der Waals surface area contributed by atoms with Gasteiger partial charge in [-0.25, -0.2) is 8.42 Å². The van der Waals surface area contributed by atoms with E-state index in [2.05, 4.69) is 4.40 Å². The molecule has 0 aromatic rings. The van der Waals surface area contributed by atoms with Crippen molar-refractivity contribution in [3.05, 3.63) is 0 Å². The lowest BCUT2D eigenvalue weighted by molar-refractivity contribution is 0.544. The number of rotatable bonds is 0. The Kier molecular flexibility index (Phi) is 2.31. The van der Waals surface area contributed by atoms with Gasteiger partial charge in [-0.2, -0.15) is 4.40 Å². The van der Waals surface area contributed by atoms with Crippen molar-refractivity contribution >= 4 is 15.7 Å². The monoisotopic (exact) mass is 203 g/mol. The molecule has 1 aliphatic heterocycles. The highest BCUT2D eigenvalue weighted by Crippen LogP contribution is 2.33. The van der Waals surface area contributed by atoms with Crippen LogP contribution in [0, 0.1) is 11.3 Å². The summed E-state index contributed by atoms with van der Waals surface area (Å²) in [5.41, 5.74) is 0.664. The molecule has 76 valence electrons. The van der Waals surface area contributed by atoms with E-state index in [0.29, 0.717) is 0 Å². The zero-order valence-corrected chi connectivity index (χ0v) is 9.64. The first kappa shape index (κ1) is 10.7. The first-order chi connectivity index (χ1) is 5.66. The van der Waals surface area contributed by atoms with Crippen LogP contribution in [0.3, 0.4) is 0 Å². The maximum atomic E-state index is 11.4. The molecule has 0 fully saturated rings. The Morgan fingerprint density at radius 3 is 1.85 bits per heavy atom. The molecule has 0 aromatic carbocycles. The molecule has 0 spiro atoms. The zero-order chi connectivity index (χ0) is 10.4. The minimum absolute atomic E-state index is 0.0463. The molecule has 2 atom stereocenters. The van der Waals surface area contributed by atoms with Crippen molar-refractivity contribution in [3.63, 3.8) is 0 Å². The summed E-state index contributed by atoms with van der Waals surface area (Å²) in [6.45, 7) is 9.64. The number of sulfonamides is 1. The van der Waals surface area contributed by atoms with Gasteiger partial charge in [-0.3, -0.25) is 0 Å². The standard InChI is InChI=1S/C9H17NO2S/c1-6-7(2)13(11,12)10-8(6)9(3,4)5/h6-7H,1-5H3. The smallest absolute Gasteiger partial charge is 0.204 e. The van der Waals surface area contributed by atoms with E-state index in [1.807, 2.05) is 27.7 Å². The van der Waals surface area contributed by atoms with Gasteiger partial charge in [-0.1, -0.05) is 27.7 Å². The van der Waals surface area contributed by atoms with Crippen molar-refractivity contribution in [2.75, 3.05) is 0 Å². The number of hydrogen-bond acceptors (Lipinski definition) is 2. The predicted molar refractivity (Wildman–Crippen MR) is 54.4 cm³/mol. The predicted octanol–water partition coefficient (Wildman–Crippen LogP) is 1.84. The van der Waals surface area contributed by atoms with Gasteiger partial charge in [0, 0.05) is 17.0 Å². The van der Waals surface area contributed by atoms with Crippen LogP contribution in [0.5, 0.6) is 0 Å². The lowest BCUT2D eigenvalue weighted by Gasteiger charge is -2.22. The quantitative estimate of drug-likeness (QED) is 0.603. The van der Waals surface area contributed by atoms with Gasteiger partial charge in [0.25, 0.3) is 10.0 Å². The Morgan fingerprint density at radius 2 is 1.69 bits per heavy atom. The van der Waals surface area contributed by atoms with Gasteiger partial charge in [0.1, 0.15) is 0 Å².